The molecule has 0 spiro atoms. The van der Waals surface area contributed by atoms with Crippen LogP contribution in [0.2, 0.25) is 0 Å². The standard InChI is InChI=1S/3C7H7.2C6H3N3O7.Sb/c3*1-7-5-3-2-4-6-7;2*10-6-4(8(13)14)1-3(7(11)12)2-5(6)9(15)16;/h3*3-6H,1H3;2*1-2,10H;/q;;;;;+2/p-2. The summed E-state index contributed by atoms with van der Waals surface area (Å²) in [5.41, 5.74) is -5.43. The Morgan fingerprint density at radius 3 is 1.06 bits per heavy atom. The van der Waals surface area contributed by atoms with Gasteiger partial charge < -0.3 is 0 Å². The average Bonchev–Trinajstić information content (AvgIpc) is 3.11. The third-order valence-electron chi connectivity index (χ3n) is 8.25. The molecule has 21 heteroatoms. The Morgan fingerprint density at radius 1 is 0.426 bits per heavy atom. The monoisotopic (exact) mass is 850 g/mol. The van der Waals surface area contributed by atoms with Gasteiger partial charge in [0.05, 0.1) is 0 Å². The molecule has 5 aromatic rings. The quantitative estimate of drug-likeness (QED) is 0.0923. The molecular formula is C33H25N6O14Sb. The number of nitro groups is 4. The number of benzene rings is 5. The van der Waals surface area contributed by atoms with Gasteiger partial charge in [-0.25, -0.2) is 0 Å². The molecule has 0 atom stereocenters. The fraction of sp³-hybridized carbons (Fsp3) is 0.0909. The minimum absolute atomic E-state index is 0.0420. The normalized spacial score (nSPS) is 11.8. The number of rotatable bonds is 13. The summed E-state index contributed by atoms with van der Waals surface area (Å²) in [5, 5.41) is 73.2. The van der Waals surface area contributed by atoms with Crippen molar-refractivity contribution >= 4 is 62.9 Å². The Kier molecular flexibility index (Phi) is 10.00. The first-order chi connectivity index (χ1) is 25.4. The van der Waals surface area contributed by atoms with Crippen molar-refractivity contribution in [1.29, 1.82) is 0 Å². The maximum atomic E-state index is 14.5. The van der Waals surface area contributed by atoms with Crippen LogP contribution in [0.25, 0.3) is 0 Å². The van der Waals surface area contributed by atoms with Gasteiger partial charge in [0.15, 0.2) is 0 Å². The molecule has 5 aromatic carbocycles. The molecule has 0 aliphatic carbocycles. The molecule has 0 fully saturated rings. The average molecular weight is 851 g/mol. The van der Waals surface area contributed by atoms with Gasteiger partial charge in [-0.2, -0.15) is 0 Å². The second-order valence-corrected chi connectivity index (χ2v) is 22.6. The number of hydrogen-bond donors (Lipinski definition) is 0. The van der Waals surface area contributed by atoms with Crippen LogP contribution in [0.4, 0.5) is 34.1 Å². The number of nitro benzene ring substituents is 4. The summed E-state index contributed by atoms with van der Waals surface area (Å²) in [6.45, 7) is 5.09. The molecule has 0 unspecified atom stereocenters. The Bertz CT molecular complexity index is 2260. The number of non-ortho nitro benzene ring substituents is 1. The van der Waals surface area contributed by atoms with Gasteiger partial charge in [-0.15, -0.1) is 0 Å². The first kappa shape index (κ1) is 38.2. The zero-order valence-electron chi connectivity index (χ0n) is 28.1. The van der Waals surface area contributed by atoms with Crippen molar-refractivity contribution in [2.45, 2.75) is 20.8 Å². The molecule has 276 valence electrons. The van der Waals surface area contributed by atoms with Gasteiger partial charge in [0.1, 0.15) is 0 Å². The van der Waals surface area contributed by atoms with Crippen LogP contribution in [0, 0.1) is 71.0 Å². The van der Waals surface area contributed by atoms with Crippen molar-refractivity contribution in [3.05, 3.63) is 164 Å². The van der Waals surface area contributed by atoms with E-state index >= 15 is 0 Å². The van der Waals surface area contributed by atoms with E-state index < -0.39 is 93.4 Å². The SMILES string of the molecule is Cc1cc[c]([Sb]([O][N+](=O)c2cc([N+](=O)[O-])c([O-])c([N+](=O)[O-])c2)([O][N+](=O)c2cc([N+](=O)[O-])cc([N+](=O)[O-])c2[O-])([c]2ccc(C)cc2)[c]2ccc(C)cc2)cc1. The van der Waals surface area contributed by atoms with Gasteiger partial charge in [-0.3, -0.25) is 0 Å². The van der Waals surface area contributed by atoms with E-state index in [9.17, 15) is 60.5 Å². The number of hydrogen-bond acceptors (Lipinski definition) is 14. The third kappa shape index (κ3) is 6.56. The zero-order chi connectivity index (χ0) is 39.7. The summed E-state index contributed by atoms with van der Waals surface area (Å²) in [4.78, 5) is 70.4. The summed E-state index contributed by atoms with van der Waals surface area (Å²) in [5.74, 6) is -3.23. The Hall–Kier alpha value is -7.08. The van der Waals surface area contributed by atoms with Crippen molar-refractivity contribution in [2.75, 3.05) is 0 Å². The van der Waals surface area contributed by atoms with Gasteiger partial charge in [0.2, 0.25) is 0 Å². The molecule has 0 saturated carbocycles. The van der Waals surface area contributed by atoms with Gasteiger partial charge >= 0.3 is 305 Å². The van der Waals surface area contributed by atoms with Crippen LogP contribution < -0.4 is 20.7 Å². The Morgan fingerprint density at radius 2 is 0.722 bits per heavy atom. The predicted octanol–water partition coefficient (Wildman–Crippen LogP) is 3.89. The van der Waals surface area contributed by atoms with Gasteiger partial charge in [-0.1, -0.05) is 0 Å². The van der Waals surface area contributed by atoms with Crippen molar-refractivity contribution in [2.24, 2.45) is 0 Å². The van der Waals surface area contributed by atoms with Crippen LogP contribution in [-0.4, -0.2) is 47.8 Å². The molecule has 0 aliphatic heterocycles. The Balaban J connectivity index is 1.97. The molecular weight excluding hydrogens is 826 g/mol. The fourth-order valence-corrected chi connectivity index (χ4v) is 17.8. The topological polar surface area (TPSA) is 277 Å². The Labute approximate surface area is 304 Å². The molecule has 54 heavy (non-hydrogen) atoms. The molecule has 0 bridgehead atoms. The van der Waals surface area contributed by atoms with E-state index in [0.717, 1.165) is 0 Å². The summed E-state index contributed by atoms with van der Waals surface area (Å²) in [6.07, 6.45) is 0. The van der Waals surface area contributed by atoms with E-state index in [-0.39, 0.29) is 10.5 Å². The van der Waals surface area contributed by atoms with Crippen LogP contribution in [0.15, 0.2) is 97.1 Å². The van der Waals surface area contributed by atoms with Crippen LogP contribution in [0.1, 0.15) is 16.7 Å². The van der Waals surface area contributed by atoms with E-state index in [1.165, 1.54) is 36.4 Å². The molecule has 20 nitrogen and oxygen atoms in total. The zero-order valence-corrected chi connectivity index (χ0v) is 30.6. The molecule has 0 radical (unpaired) electrons. The molecule has 0 heterocycles. The summed E-state index contributed by atoms with van der Waals surface area (Å²) in [6, 6.07) is 19.3. The molecule has 0 saturated heterocycles. The van der Waals surface area contributed by atoms with E-state index in [1.807, 2.05) is 0 Å². The van der Waals surface area contributed by atoms with E-state index in [2.05, 4.69) is 0 Å². The van der Waals surface area contributed by atoms with Gasteiger partial charge in [0, 0.05) is 0 Å². The van der Waals surface area contributed by atoms with Crippen LogP contribution in [0.3, 0.4) is 0 Å². The minimum atomic E-state index is -7.26. The second-order valence-electron chi connectivity index (χ2n) is 11.8. The first-order valence-electron chi connectivity index (χ1n) is 15.3. The predicted molar refractivity (Wildman–Crippen MR) is 185 cm³/mol. The number of nitrogens with zero attached hydrogens (tertiary/aromatic N) is 6. The fourth-order valence-electron chi connectivity index (χ4n) is 5.49. The van der Waals surface area contributed by atoms with Crippen molar-refractivity contribution in [3.8, 4) is 11.5 Å². The molecule has 5 rings (SSSR count). The maximum absolute atomic E-state index is 14.5. The van der Waals surface area contributed by atoms with Gasteiger partial charge in [0.25, 0.3) is 0 Å². The summed E-state index contributed by atoms with van der Waals surface area (Å²) < 4.78 is 12.6. The second kappa shape index (κ2) is 14.1. The molecule has 0 aromatic heterocycles. The molecule has 0 amide bonds. The summed E-state index contributed by atoms with van der Waals surface area (Å²) >= 11 is -7.26. The number of aryl methyl sites for hydroxylation is 3. The van der Waals surface area contributed by atoms with Gasteiger partial charge in [-0.05, 0) is 0 Å². The summed E-state index contributed by atoms with van der Waals surface area (Å²) in [7, 11) is 0. The van der Waals surface area contributed by atoms with Crippen LogP contribution >= 0.6 is 0 Å². The van der Waals surface area contributed by atoms with Crippen molar-refractivity contribution in [1.82, 2.24) is 0 Å². The van der Waals surface area contributed by atoms with E-state index in [0.29, 0.717) is 41.0 Å². The van der Waals surface area contributed by atoms with Crippen molar-refractivity contribution in [3.63, 3.8) is 0 Å². The van der Waals surface area contributed by atoms with Crippen LogP contribution in [-0.2, 0) is 6.23 Å². The van der Waals surface area contributed by atoms with E-state index in [4.69, 9.17) is 6.23 Å². The molecule has 0 N–H and O–H groups in total. The third-order valence-corrected chi connectivity index (χ3v) is 21.5. The van der Waals surface area contributed by atoms with Crippen molar-refractivity contribution < 1.29 is 46.0 Å². The first-order valence-corrected chi connectivity index (χ1v) is 21.2. The van der Waals surface area contributed by atoms with E-state index in [1.54, 1.807) is 57.2 Å². The van der Waals surface area contributed by atoms with Crippen LogP contribution in [0.5, 0.6) is 11.5 Å². The molecule has 0 aliphatic rings.